The molecule has 2 fully saturated rings. The number of nitrogens with one attached hydrogen (secondary N) is 1. The van der Waals surface area contributed by atoms with Crippen molar-refractivity contribution >= 4 is 22.8 Å². The number of rotatable bonds is 1. The molecular formula is C9H14N2O2S. The molecule has 2 rings (SSSR count). The number of aliphatic imine (C=N–C) groups is 1. The molecule has 0 unspecified atom stereocenters. The van der Waals surface area contributed by atoms with Crippen LogP contribution < -0.4 is 5.32 Å². The van der Waals surface area contributed by atoms with Gasteiger partial charge in [-0.25, -0.2) is 0 Å². The van der Waals surface area contributed by atoms with E-state index in [0.29, 0.717) is 5.75 Å². The van der Waals surface area contributed by atoms with Crippen molar-refractivity contribution in [3.63, 3.8) is 0 Å². The van der Waals surface area contributed by atoms with Crippen molar-refractivity contribution in [2.45, 2.75) is 37.8 Å². The minimum absolute atomic E-state index is 0.00208. The summed E-state index contributed by atoms with van der Waals surface area (Å²) in [5, 5.41) is 12.3. The molecule has 1 amide bonds. The van der Waals surface area contributed by atoms with Crippen LogP contribution in [0.1, 0.15) is 25.7 Å². The molecular weight excluding hydrogens is 200 g/mol. The van der Waals surface area contributed by atoms with E-state index in [-0.39, 0.29) is 17.4 Å². The van der Waals surface area contributed by atoms with Crippen LogP contribution in [0.3, 0.4) is 0 Å². The van der Waals surface area contributed by atoms with Crippen LogP contribution in [0, 0.1) is 0 Å². The van der Waals surface area contributed by atoms with E-state index in [1.807, 2.05) is 0 Å². The number of aliphatic hydroxyl groups excluding tert-OH is 1. The van der Waals surface area contributed by atoms with Crippen LogP contribution in [0.2, 0.25) is 0 Å². The summed E-state index contributed by atoms with van der Waals surface area (Å²) >= 11 is 1.23. The van der Waals surface area contributed by atoms with Crippen molar-refractivity contribution in [1.29, 1.82) is 0 Å². The van der Waals surface area contributed by atoms with E-state index >= 15 is 0 Å². The van der Waals surface area contributed by atoms with Crippen molar-refractivity contribution < 1.29 is 9.90 Å². The molecule has 0 bridgehead atoms. The molecule has 2 aliphatic rings. The Morgan fingerprint density at radius 1 is 1.43 bits per heavy atom. The molecule has 0 spiro atoms. The van der Waals surface area contributed by atoms with Crippen molar-refractivity contribution in [2.75, 3.05) is 5.75 Å². The van der Waals surface area contributed by atoms with E-state index in [1.165, 1.54) is 11.8 Å². The Morgan fingerprint density at radius 2 is 2.21 bits per heavy atom. The second-order valence-electron chi connectivity index (χ2n) is 3.70. The van der Waals surface area contributed by atoms with Crippen molar-refractivity contribution in [3.05, 3.63) is 0 Å². The second-order valence-corrected chi connectivity index (χ2v) is 4.64. The highest BCUT2D eigenvalue weighted by Crippen LogP contribution is 2.22. The van der Waals surface area contributed by atoms with E-state index in [2.05, 4.69) is 10.3 Å². The average Bonchev–Trinajstić information content (AvgIpc) is 2.56. The first kappa shape index (κ1) is 9.98. The van der Waals surface area contributed by atoms with Gasteiger partial charge in [-0.3, -0.25) is 9.79 Å². The van der Waals surface area contributed by atoms with Gasteiger partial charge in [-0.05, 0) is 12.8 Å². The molecule has 0 aromatic rings. The Morgan fingerprint density at radius 3 is 2.86 bits per heavy atom. The normalized spacial score (nSPS) is 36.1. The van der Waals surface area contributed by atoms with Crippen molar-refractivity contribution in [1.82, 2.24) is 5.32 Å². The quantitative estimate of drug-likeness (QED) is 0.688. The molecule has 0 aromatic carbocycles. The van der Waals surface area contributed by atoms with Gasteiger partial charge in [0.1, 0.15) is 5.84 Å². The third-order valence-corrected chi connectivity index (χ3v) is 3.38. The Labute approximate surface area is 87.2 Å². The zero-order valence-electron chi connectivity index (χ0n) is 7.90. The molecule has 0 aromatic heterocycles. The van der Waals surface area contributed by atoms with Gasteiger partial charge in [-0.2, -0.15) is 0 Å². The summed E-state index contributed by atoms with van der Waals surface area (Å²) in [6, 6.07) is -0.00208. The maximum atomic E-state index is 10.9. The van der Waals surface area contributed by atoms with Gasteiger partial charge in [0.15, 0.2) is 0 Å². The van der Waals surface area contributed by atoms with Gasteiger partial charge < -0.3 is 10.4 Å². The minimum Gasteiger partial charge on any atom is -0.391 e. The minimum atomic E-state index is -0.321. The molecule has 78 valence electrons. The van der Waals surface area contributed by atoms with E-state index in [9.17, 15) is 9.90 Å². The molecule has 1 aliphatic heterocycles. The molecule has 1 saturated heterocycles. The van der Waals surface area contributed by atoms with Gasteiger partial charge in [0.05, 0.1) is 17.9 Å². The number of thioether (sulfide) groups is 1. The van der Waals surface area contributed by atoms with Crippen molar-refractivity contribution in [2.24, 2.45) is 4.99 Å². The van der Waals surface area contributed by atoms with Crippen LogP contribution in [0.5, 0.6) is 0 Å². The molecule has 2 atom stereocenters. The Bertz CT molecular complexity index is 268. The number of amidine groups is 1. The van der Waals surface area contributed by atoms with E-state index in [4.69, 9.17) is 0 Å². The first-order chi connectivity index (χ1) is 6.75. The predicted octanol–water partition coefficient (Wildman–Crippen LogP) is 1.14. The lowest BCUT2D eigenvalue weighted by atomic mass is 9.93. The molecule has 14 heavy (non-hydrogen) atoms. The highest BCUT2D eigenvalue weighted by molar-refractivity contribution is 8.14. The van der Waals surface area contributed by atoms with Gasteiger partial charge in [-0.15, -0.1) is 0 Å². The summed E-state index contributed by atoms with van der Waals surface area (Å²) in [7, 11) is 0. The SMILES string of the molecule is O=C1NC(=N[C@H]2CCCC[C@H]2O)CS1. The van der Waals surface area contributed by atoms with Crippen LogP contribution in [-0.2, 0) is 0 Å². The average molecular weight is 214 g/mol. The lowest BCUT2D eigenvalue weighted by molar-refractivity contribution is 0.109. The van der Waals surface area contributed by atoms with Gasteiger partial charge in [0.25, 0.3) is 5.24 Å². The number of nitrogens with zero attached hydrogens (tertiary/aromatic N) is 1. The van der Waals surface area contributed by atoms with E-state index < -0.39 is 0 Å². The standard InChI is InChI=1S/C9H14N2O2S/c12-7-4-2-1-3-6(7)10-8-5-14-9(13)11-8/h6-7,12H,1-5H2,(H,10,11,13)/t6-,7+/m0/s1. The topological polar surface area (TPSA) is 61.7 Å². The molecule has 1 aliphatic carbocycles. The van der Waals surface area contributed by atoms with E-state index in [1.54, 1.807) is 0 Å². The highest BCUT2D eigenvalue weighted by Gasteiger charge is 2.24. The Balaban J connectivity index is 1.97. The first-order valence-electron chi connectivity index (χ1n) is 4.94. The molecule has 1 heterocycles. The fourth-order valence-corrected chi connectivity index (χ4v) is 2.44. The Kier molecular flexibility index (Phi) is 3.08. The maximum absolute atomic E-state index is 10.9. The lowest BCUT2D eigenvalue weighted by Crippen LogP contribution is -2.31. The first-order valence-corrected chi connectivity index (χ1v) is 5.93. The lowest BCUT2D eigenvalue weighted by Gasteiger charge is -2.24. The zero-order chi connectivity index (χ0) is 9.97. The number of hydrogen-bond donors (Lipinski definition) is 2. The predicted molar refractivity (Wildman–Crippen MR) is 56.7 cm³/mol. The van der Waals surface area contributed by atoms with Gasteiger partial charge in [0, 0.05) is 0 Å². The van der Waals surface area contributed by atoms with Crippen molar-refractivity contribution in [3.8, 4) is 0 Å². The van der Waals surface area contributed by atoms with E-state index in [0.717, 1.165) is 31.5 Å². The third kappa shape index (κ3) is 2.27. The molecule has 4 nitrogen and oxygen atoms in total. The summed E-state index contributed by atoms with van der Waals surface area (Å²) in [6.07, 6.45) is 3.66. The number of hydrogen-bond acceptors (Lipinski definition) is 4. The Hall–Kier alpha value is -0.550. The van der Waals surface area contributed by atoms with Crippen LogP contribution in [0.25, 0.3) is 0 Å². The summed E-state index contributed by atoms with van der Waals surface area (Å²) in [4.78, 5) is 15.3. The third-order valence-electron chi connectivity index (χ3n) is 2.60. The number of aliphatic hydroxyl groups is 1. The summed E-state index contributed by atoms with van der Waals surface area (Å²) < 4.78 is 0. The largest absolute Gasteiger partial charge is 0.391 e. The molecule has 5 heteroatoms. The van der Waals surface area contributed by atoms with Crippen LogP contribution in [0.4, 0.5) is 4.79 Å². The maximum Gasteiger partial charge on any atom is 0.284 e. The van der Waals surface area contributed by atoms with Crippen LogP contribution in [0.15, 0.2) is 4.99 Å². The summed E-state index contributed by atoms with van der Waals surface area (Å²) in [5.74, 6) is 1.35. The number of carbonyl (C=O) groups excluding carboxylic acids is 1. The van der Waals surface area contributed by atoms with Gasteiger partial charge in [-0.1, -0.05) is 24.6 Å². The van der Waals surface area contributed by atoms with Gasteiger partial charge in [0.2, 0.25) is 0 Å². The molecule has 1 saturated carbocycles. The molecule has 0 radical (unpaired) electrons. The number of carbonyl (C=O) groups is 1. The highest BCUT2D eigenvalue weighted by atomic mass is 32.2. The fourth-order valence-electron chi connectivity index (χ4n) is 1.84. The van der Waals surface area contributed by atoms with Crippen LogP contribution >= 0.6 is 11.8 Å². The molecule has 2 N–H and O–H groups in total. The second kappa shape index (κ2) is 4.31. The van der Waals surface area contributed by atoms with Crippen LogP contribution in [-0.4, -0.2) is 34.1 Å². The van der Waals surface area contributed by atoms with Gasteiger partial charge >= 0.3 is 0 Å². The summed E-state index contributed by atoms with van der Waals surface area (Å²) in [5.41, 5.74) is 0. The number of amides is 1. The summed E-state index contributed by atoms with van der Waals surface area (Å²) in [6.45, 7) is 0. The smallest absolute Gasteiger partial charge is 0.284 e. The monoisotopic (exact) mass is 214 g/mol. The zero-order valence-corrected chi connectivity index (χ0v) is 8.72. The fraction of sp³-hybridized carbons (Fsp3) is 0.778.